The van der Waals surface area contributed by atoms with E-state index in [2.05, 4.69) is 5.32 Å². The van der Waals surface area contributed by atoms with Gasteiger partial charge in [0, 0.05) is 55.3 Å². The van der Waals surface area contributed by atoms with Gasteiger partial charge >= 0.3 is 6.03 Å². The number of benzene rings is 2. The second-order valence-electron chi connectivity index (χ2n) is 10.3. The molecule has 1 unspecified atom stereocenters. The van der Waals surface area contributed by atoms with Gasteiger partial charge in [-0.05, 0) is 68.3 Å². The lowest BCUT2D eigenvalue weighted by Gasteiger charge is -2.19. The van der Waals surface area contributed by atoms with E-state index < -0.39 is 6.10 Å². The summed E-state index contributed by atoms with van der Waals surface area (Å²) in [6, 6.07) is 17.2. The standard InChI is InChI=1S/C31H36N6O4/c1-20-16-25(41-5)10-11-27(20)33-30-26(18-22(3)38)28(17-21(2)32-30)37-13-12-29(34-37)36-15-14-35(31(36)39)19-23-6-8-24(40-4)9-7-23/h6-13,16-17,22,38H,14-15,18-19H2,1-5H3,(H,32,33). The third-order valence-electron chi connectivity index (χ3n) is 7.14. The van der Waals surface area contributed by atoms with Crippen molar-refractivity contribution >= 4 is 23.4 Å². The quantitative estimate of drug-likeness (QED) is 0.283. The lowest BCUT2D eigenvalue weighted by atomic mass is 10.1. The van der Waals surface area contributed by atoms with Gasteiger partial charge in [-0.15, -0.1) is 5.10 Å². The fraction of sp³-hybridized carbons (Fsp3) is 0.323. The highest BCUT2D eigenvalue weighted by atomic mass is 16.5. The highest BCUT2D eigenvalue weighted by Crippen LogP contribution is 2.31. The monoisotopic (exact) mass is 556 g/mol. The number of carbonyl (C=O) groups excluding carboxylic acids is 1. The van der Waals surface area contributed by atoms with Gasteiger partial charge in [0.1, 0.15) is 17.3 Å². The molecule has 1 aliphatic heterocycles. The molecule has 2 aromatic carbocycles. The molecule has 3 heterocycles. The highest BCUT2D eigenvalue weighted by Gasteiger charge is 2.31. The van der Waals surface area contributed by atoms with Crippen LogP contribution >= 0.6 is 0 Å². The summed E-state index contributed by atoms with van der Waals surface area (Å²) in [5.41, 5.74) is 5.34. The number of nitrogens with zero attached hydrogens (tertiary/aromatic N) is 5. The van der Waals surface area contributed by atoms with Crippen LogP contribution in [0.25, 0.3) is 5.69 Å². The number of pyridine rings is 1. The summed E-state index contributed by atoms with van der Waals surface area (Å²) in [6.45, 7) is 7.34. The number of aliphatic hydroxyl groups is 1. The molecular weight excluding hydrogens is 520 g/mol. The summed E-state index contributed by atoms with van der Waals surface area (Å²) in [5.74, 6) is 2.78. The number of methoxy groups -OCH3 is 2. The molecule has 0 bridgehead atoms. The maximum absolute atomic E-state index is 13.3. The van der Waals surface area contributed by atoms with Crippen LogP contribution in [-0.2, 0) is 13.0 Å². The first-order chi connectivity index (χ1) is 19.7. The van der Waals surface area contributed by atoms with E-state index in [4.69, 9.17) is 19.6 Å². The number of urea groups is 1. The van der Waals surface area contributed by atoms with E-state index in [0.29, 0.717) is 37.7 Å². The smallest absolute Gasteiger partial charge is 0.326 e. The average molecular weight is 557 g/mol. The number of ether oxygens (including phenoxy) is 2. The lowest BCUT2D eigenvalue weighted by Crippen LogP contribution is -2.31. The molecule has 0 radical (unpaired) electrons. The van der Waals surface area contributed by atoms with Crippen molar-refractivity contribution in [3.63, 3.8) is 0 Å². The zero-order chi connectivity index (χ0) is 29.1. The Morgan fingerprint density at radius 1 is 1.00 bits per heavy atom. The van der Waals surface area contributed by atoms with E-state index in [0.717, 1.165) is 45.3 Å². The molecule has 1 atom stereocenters. The molecule has 0 spiro atoms. The number of aryl methyl sites for hydroxylation is 2. The minimum Gasteiger partial charge on any atom is -0.497 e. The fourth-order valence-corrected chi connectivity index (χ4v) is 5.00. The van der Waals surface area contributed by atoms with Crippen molar-refractivity contribution in [1.82, 2.24) is 19.7 Å². The highest BCUT2D eigenvalue weighted by molar-refractivity contribution is 5.93. The number of nitrogens with one attached hydrogen (secondary N) is 1. The number of aromatic nitrogens is 3. The topological polar surface area (TPSA) is 105 Å². The van der Waals surface area contributed by atoms with Gasteiger partial charge in [0.2, 0.25) is 0 Å². The van der Waals surface area contributed by atoms with Crippen molar-refractivity contribution in [3.05, 3.63) is 83.2 Å². The second-order valence-corrected chi connectivity index (χ2v) is 10.3. The van der Waals surface area contributed by atoms with Crippen molar-refractivity contribution in [2.75, 3.05) is 37.5 Å². The van der Waals surface area contributed by atoms with Crippen LogP contribution in [0.5, 0.6) is 11.5 Å². The van der Waals surface area contributed by atoms with Crippen LogP contribution in [0.4, 0.5) is 22.1 Å². The number of amides is 2. The van der Waals surface area contributed by atoms with Gasteiger partial charge in [0.15, 0.2) is 5.82 Å². The Hall–Kier alpha value is -4.57. The van der Waals surface area contributed by atoms with Crippen molar-refractivity contribution in [2.24, 2.45) is 0 Å². The third kappa shape index (κ3) is 6.12. The zero-order valence-corrected chi connectivity index (χ0v) is 24.1. The van der Waals surface area contributed by atoms with Crippen LogP contribution in [0.2, 0.25) is 0 Å². The van der Waals surface area contributed by atoms with E-state index >= 15 is 0 Å². The van der Waals surface area contributed by atoms with Crippen LogP contribution in [0.1, 0.15) is 29.3 Å². The van der Waals surface area contributed by atoms with Crippen molar-refractivity contribution in [2.45, 2.75) is 39.8 Å². The molecule has 10 nitrogen and oxygen atoms in total. The Labute approximate surface area is 240 Å². The SMILES string of the molecule is COc1ccc(CN2CCN(c3ccn(-c4cc(C)nc(Nc5ccc(OC)cc5C)c4CC(C)O)n3)C2=O)cc1. The van der Waals surface area contributed by atoms with Crippen molar-refractivity contribution in [1.29, 1.82) is 0 Å². The summed E-state index contributed by atoms with van der Waals surface area (Å²) < 4.78 is 12.3. The van der Waals surface area contributed by atoms with Gasteiger partial charge in [0.05, 0.1) is 26.0 Å². The predicted molar refractivity (Wildman–Crippen MR) is 159 cm³/mol. The Kier molecular flexibility index (Phi) is 8.11. The van der Waals surface area contributed by atoms with Gasteiger partial charge in [0.25, 0.3) is 0 Å². The van der Waals surface area contributed by atoms with Gasteiger partial charge < -0.3 is 24.8 Å². The molecule has 1 saturated heterocycles. The van der Waals surface area contributed by atoms with Gasteiger partial charge in [-0.2, -0.15) is 0 Å². The van der Waals surface area contributed by atoms with Crippen LogP contribution in [0, 0.1) is 13.8 Å². The van der Waals surface area contributed by atoms with E-state index in [1.165, 1.54) is 0 Å². The molecule has 1 fully saturated rings. The number of hydrogen-bond donors (Lipinski definition) is 2. The fourth-order valence-electron chi connectivity index (χ4n) is 5.00. The lowest BCUT2D eigenvalue weighted by molar-refractivity contribution is 0.195. The molecule has 214 valence electrons. The van der Waals surface area contributed by atoms with E-state index in [-0.39, 0.29) is 6.03 Å². The molecule has 5 rings (SSSR count). The van der Waals surface area contributed by atoms with Crippen LogP contribution in [0.15, 0.2) is 60.8 Å². The van der Waals surface area contributed by atoms with Crippen molar-refractivity contribution in [3.8, 4) is 17.2 Å². The number of anilines is 3. The number of rotatable bonds is 10. The maximum atomic E-state index is 13.3. The molecule has 10 heteroatoms. The Bertz CT molecular complexity index is 1530. The Balaban J connectivity index is 1.41. The zero-order valence-electron chi connectivity index (χ0n) is 24.1. The summed E-state index contributed by atoms with van der Waals surface area (Å²) in [7, 11) is 3.28. The molecular formula is C31H36N6O4. The van der Waals surface area contributed by atoms with E-state index in [9.17, 15) is 9.90 Å². The Morgan fingerprint density at radius 2 is 1.73 bits per heavy atom. The second kappa shape index (κ2) is 11.9. The number of aliphatic hydroxyl groups excluding tert-OH is 1. The molecule has 1 aliphatic rings. The largest absolute Gasteiger partial charge is 0.497 e. The van der Waals surface area contributed by atoms with Crippen LogP contribution in [0.3, 0.4) is 0 Å². The molecule has 2 amide bonds. The van der Waals surface area contributed by atoms with E-state index in [1.807, 2.05) is 79.5 Å². The molecule has 4 aromatic rings. The van der Waals surface area contributed by atoms with Gasteiger partial charge in [-0.25, -0.2) is 14.5 Å². The normalized spacial score (nSPS) is 14.0. The minimum atomic E-state index is -0.600. The van der Waals surface area contributed by atoms with Crippen LogP contribution in [-0.4, -0.2) is 64.2 Å². The van der Waals surface area contributed by atoms with Gasteiger partial charge in [-0.3, -0.25) is 4.90 Å². The summed E-state index contributed by atoms with van der Waals surface area (Å²) in [5, 5.41) is 18.6. The molecule has 2 aromatic heterocycles. The molecule has 41 heavy (non-hydrogen) atoms. The molecule has 0 saturated carbocycles. The first-order valence-corrected chi connectivity index (χ1v) is 13.6. The summed E-state index contributed by atoms with van der Waals surface area (Å²) >= 11 is 0. The average Bonchev–Trinajstić information content (AvgIpc) is 3.58. The first kappa shape index (κ1) is 28.0. The van der Waals surface area contributed by atoms with Crippen LogP contribution < -0.4 is 19.7 Å². The van der Waals surface area contributed by atoms with E-state index in [1.54, 1.807) is 30.7 Å². The molecule has 0 aliphatic carbocycles. The van der Waals surface area contributed by atoms with Crippen molar-refractivity contribution < 1.29 is 19.4 Å². The minimum absolute atomic E-state index is 0.0847. The first-order valence-electron chi connectivity index (χ1n) is 13.6. The third-order valence-corrected chi connectivity index (χ3v) is 7.14. The number of carbonyl (C=O) groups is 1. The molecule has 2 N–H and O–H groups in total. The Morgan fingerprint density at radius 3 is 2.41 bits per heavy atom. The predicted octanol–water partition coefficient (Wildman–Crippen LogP) is 5.01. The maximum Gasteiger partial charge on any atom is 0.326 e. The summed E-state index contributed by atoms with van der Waals surface area (Å²) in [4.78, 5) is 21.6. The summed E-state index contributed by atoms with van der Waals surface area (Å²) in [6.07, 6.45) is 1.61. The van der Waals surface area contributed by atoms with Gasteiger partial charge in [-0.1, -0.05) is 12.1 Å². The number of hydrogen-bond acceptors (Lipinski definition) is 7.